The van der Waals surface area contributed by atoms with Crippen LogP contribution in [0.2, 0.25) is 0 Å². The van der Waals surface area contributed by atoms with Crippen molar-refractivity contribution in [2.24, 2.45) is 0 Å². The van der Waals surface area contributed by atoms with Gasteiger partial charge >= 0.3 is 0 Å². The van der Waals surface area contributed by atoms with E-state index in [2.05, 4.69) is 32.5 Å². The Kier molecular flexibility index (Phi) is 4.85. The number of nitrogens with one attached hydrogen (secondary N) is 1. The number of amides is 1. The van der Waals surface area contributed by atoms with E-state index in [1.165, 1.54) is 0 Å². The Balaban J connectivity index is 1.39. The van der Waals surface area contributed by atoms with Gasteiger partial charge in [-0.2, -0.15) is 5.10 Å². The van der Waals surface area contributed by atoms with E-state index in [1.807, 2.05) is 52.0 Å². The molecule has 0 spiro atoms. The molecule has 1 amide bonds. The zero-order valence-corrected chi connectivity index (χ0v) is 16.5. The average Bonchev–Trinajstić information content (AvgIpc) is 3.40. The quantitative estimate of drug-likeness (QED) is 0.538. The van der Waals surface area contributed by atoms with Crippen molar-refractivity contribution >= 4 is 22.8 Å². The summed E-state index contributed by atoms with van der Waals surface area (Å²) in [6.07, 6.45) is 4.95. The number of hydrogen-bond acceptors (Lipinski definition) is 5. The number of anilines is 1. The van der Waals surface area contributed by atoms with Gasteiger partial charge in [-0.3, -0.25) is 4.79 Å². The number of aromatic nitrogens is 4. The molecule has 0 atom stereocenters. The molecule has 0 unspecified atom stereocenters. The zero-order chi connectivity index (χ0) is 20.3. The second-order valence-electron chi connectivity index (χ2n) is 7.39. The molecule has 150 valence electrons. The second-order valence-corrected chi connectivity index (χ2v) is 7.39. The lowest BCUT2D eigenvalue weighted by Gasteiger charge is -2.18. The van der Waals surface area contributed by atoms with E-state index in [4.69, 9.17) is 0 Å². The molecule has 7 nitrogen and oxygen atoms in total. The monoisotopic (exact) mass is 398 g/mol. The number of para-hydroxylation sites is 1. The molecule has 0 saturated carbocycles. The molecular weight excluding hydrogens is 376 g/mol. The van der Waals surface area contributed by atoms with Crippen molar-refractivity contribution in [3.05, 3.63) is 78.2 Å². The summed E-state index contributed by atoms with van der Waals surface area (Å²) in [5.74, 6) is 0.984. The smallest absolute Gasteiger partial charge is 0.222 e. The van der Waals surface area contributed by atoms with E-state index in [0.29, 0.717) is 19.5 Å². The number of rotatable bonds is 6. The van der Waals surface area contributed by atoms with Crippen LogP contribution in [0.4, 0.5) is 5.82 Å². The number of nitrogens with zero attached hydrogens (tertiary/aromatic N) is 5. The largest absolute Gasteiger partial charge is 0.365 e. The summed E-state index contributed by atoms with van der Waals surface area (Å²) in [5, 5.41) is 8.81. The van der Waals surface area contributed by atoms with Crippen LogP contribution in [-0.2, 0) is 17.9 Å². The van der Waals surface area contributed by atoms with Crippen LogP contribution < -0.4 is 5.32 Å². The fourth-order valence-electron chi connectivity index (χ4n) is 3.88. The minimum atomic E-state index is 0.239. The van der Waals surface area contributed by atoms with Gasteiger partial charge in [0, 0.05) is 26.1 Å². The Labute approximate surface area is 174 Å². The zero-order valence-electron chi connectivity index (χ0n) is 16.5. The first-order valence-corrected chi connectivity index (χ1v) is 10.1. The average molecular weight is 398 g/mol. The molecule has 4 aromatic rings. The summed E-state index contributed by atoms with van der Waals surface area (Å²) in [6, 6.07) is 18.2. The minimum absolute atomic E-state index is 0.239. The van der Waals surface area contributed by atoms with E-state index in [1.54, 1.807) is 12.5 Å². The number of benzene rings is 2. The minimum Gasteiger partial charge on any atom is -0.365 e. The van der Waals surface area contributed by atoms with Gasteiger partial charge in [0.25, 0.3) is 0 Å². The van der Waals surface area contributed by atoms with Crippen LogP contribution in [0, 0.1) is 0 Å². The maximum atomic E-state index is 12.0. The second kappa shape index (κ2) is 7.94. The van der Waals surface area contributed by atoms with E-state index >= 15 is 0 Å². The molecule has 1 N–H and O–H groups in total. The highest BCUT2D eigenvalue weighted by Gasteiger charge is 2.21. The Hall–Kier alpha value is -3.74. The van der Waals surface area contributed by atoms with Crippen molar-refractivity contribution in [3.63, 3.8) is 0 Å². The van der Waals surface area contributed by atoms with Gasteiger partial charge in [-0.15, -0.1) is 0 Å². The van der Waals surface area contributed by atoms with Crippen molar-refractivity contribution in [1.82, 2.24) is 24.6 Å². The lowest BCUT2D eigenvalue weighted by molar-refractivity contribution is -0.128. The molecule has 1 aliphatic heterocycles. The van der Waals surface area contributed by atoms with Crippen LogP contribution in [0.25, 0.3) is 16.7 Å². The summed E-state index contributed by atoms with van der Waals surface area (Å²) < 4.78 is 1.81. The first-order chi connectivity index (χ1) is 14.8. The van der Waals surface area contributed by atoms with Gasteiger partial charge in [0.2, 0.25) is 5.91 Å². The van der Waals surface area contributed by atoms with Crippen molar-refractivity contribution in [2.75, 3.05) is 11.9 Å². The molecule has 1 fully saturated rings. The molecule has 2 aromatic heterocycles. The highest BCUT2D eigenvalue weighted by atomic mass is 16.2. The first-order valence-electron chi connectivity index (χ1n) is 10.1. The van der Waals surface area contributed by atoms with Crippen LogP contribution in [-0.4, -0.2) is 37.1 Å². The predicted molar refractivity (Wildman–Crippen MR) is 115 cm³/mol. The van der Waals surface area contributed by atoms with Gasteiger partial charge in [-0.1, -0.05) is 42.5 Å². The van der Waals surface area contributed by atoms with Crippen LogP contribution >= 0.6 is 0 Å². The van der Waals surface area contributed by atoms with Crippen molar-refractivity contribution in [2.45, 2.75) is 25.9 Å². The summed E-state index contributed by atoms with van der Waals surface area (Å²) in [4.78, 5) is 22.8. The maximum Gasteiger partial charge on any atom is 0.222 e. The van der Waals surface area contributed by atoms with E-state index < -0.39 is 0 Å². The molecule has 30 heavy (non-hydrogen) atoms. The van der Waals surface area contributed by atoms with E-state index in [9.17, 15) is 4.79 Å². The summed E-state index contributed by atoms with van der Waals surface area (Å²) in [6.45, 7) is 2.11. The molecule has 2 aromatic carbocycles. The summed E-state index contributed by atoms with van der Waals surface area (Å²) >= 11 is 0. The highest BCUT2D eigenvalue weighted by molar-refractivity contribution is 5.87. The third-order valence-corrected chi connectivity index (χ3v) is 5.46. The molecule has 5 rings (SSSR count). The van der Waals surface area contributed by atoms with Gasteiger partial charge in [0.1, 0.15) is 12.1 Å². The molecular formula is C23H22N6O. The number of fused-ring (bicyclic) bond motifs is 1. The summed E-state index contributed by atoms with van der Waals surface area (Å²) in [7, 11) is 0. The number of likely N-dealkylation sites (tertiary alicyclic amines) is 1. The lowest BCUT2D eigenvalue weighted by atomic mass is 10.1. The third-order valence-electron chi connectivity index (χ3n) is 5.46. The Morgan fingerprint density at radius 3 is 2.57 bits per heavy atom. The Bertz CT molecular complexity index is 1190. The highest BCUT2D eigenvalue weighted by Crippen LogP contribution is 2.23. The molecule has 0 bridgehead atoms. The Morgan fingerprint density at radius 1 is 0.967 bits per heavy atom. The van der Waals surface area contributed by atoms with Crippen molar-refractivity contribution < 1.29 is 4.79 Å². The molecule has 3 heterocycles. The van der Waals surface area contributed by atoms with Gasteiger partial charge in [0.15, 0.2) is 5.65 Å². The lowest BCUT2D eigenvalue weighted by Crippen LogP contribution is -2.24. The van der Waals surface area contributed by atoms with Crippen molar-refractivity contribution in [1.29, 1.82) is 0 Å². The van der Waals surface area contributed by atoms with Crippen LogP contribution in [0.15, 0.2) is 67.1 Å². The van der Waals surface area contributed by atoms with Crippen molar-refractivity contribution in [3.8, 4) is 5.69 Å². The number of hydrogen-bond donors (Lipinski definition) is 1. The first kappa shape index (κ1) is 18.3. The fourth-order valence-corrected chi connectivity index (χ4v) is 3.88. The Morgan fingerprint density at radius 2 is 1.77 bits per heavy atom. The molecule has 0 aliphatic carbocycles. The van der Waals surface area contributed by atoms with Crippen LogP contribution in [0.1, 0.15) is 24.0 Å². The third kappa shape index (κ3) is 3.50. The predicted octanol–water partition coefficient (Wildman–Crippen LogP) is 3.55. The van der Waals surface area contributed by atoms with E-state index in [-0.39, 0.29) is 5.91 Å². The van der Waals surface area contributed by atoms with Gasteiger partial charge in [-0.25, -0.2) is 14.6 Å². The molecule has 1 aliphatic rings. The van der Waals surface area contributed by atoms with Gasteiger partial charge < -0.3 is 10.2 Å². The van der Waals surface area contributed by atoms with Gasteiger partial charge in [-0.05, 0) is 29.7 Å². The molecule has 0 radical (unpaired) electrons. The summed E-state index contributed by atoms with van der Waals surface area (Å²) in [5.41, 5.74) is 4.03. The SMILES string of the molecule is O=C1CCCN1Cc1ccccc1CNc1ncnc2c1cnn2-c1ccccc1. The fraction of sp³-hybridized carbons (Fsp3) is 0.217. The van der Waals surface area contributed by atoms with Crippen LogP contribution in [0.5, 0.6) is 0 Å². The topological polar surface area (TPSA) is 75.9 Å². The number of carbonyl (C=O) groups excluding carboxylic acids is 1. The van der Waals surface area contributed by atoms with Crippen LogP contribution in [0.3, 0.4) is 0 Å². The number of carbonyl (C=O) groups is 1. The molecule has 7 heteroatoms. The standard InChI is InChI=1S/C23H22N6O/c30-21-11-6-12-28(21)15-18-8-5-4-7-17(18)13-24-22-20-14-27-29(23(20)26-16-25-22)19-9-2-1-3-10-19/h1-5,7-10,14,16H,6,11-13,15H2,(H,24,25,26). The normalized spacial score (nSPS) is 13.9. The molecule has 1 saturated heterocycles. The maximum absolute atomic E-state index is 12.0. The van der Waals surface area contributed by atoms with E-state index in [0.717, 1.165) is 46.6 Å². The van der Waals surface area contributed by atoms with Gasteiger partial charge in [0.05, 0.1) is 17.3 Å².